The molecule has 0 N–H and O–H groups in total. The molecule has 1 aromatic heterocycles. The number of sulfone groups is 1. The van der Waals surface area contributed by atoms with E-state index >= 15 is 0 Å². The molecule has 0 saturated carbocycles. The highest BCUT2D eigenvalue weighted by Gasteiger charge is 2.30. The number of hydrogen-bond donors (Lipinski definition) is 0. The second kappa shape index (κ2) is 8.04. The number of benzene rings is 2. The van der Waals surface area contributed by atoms with Gasteiger partial charge in [-0.05, 0) is 24.3 Å². The standard InChI is InChI=1S/C20H22N2O6S/c1-22(2)20-19(29(23,24)14-9-7-6-8-10-14)21-18(28-20)13-11-15(25-3)17(27-5)16(12-13)26-4/h6-12H,1-5H3. The predicted molar refractivity (Wildman–Crippen MR) is 108 cm³/mol. The van der Waals surface area contributed by atoms with E-state index in [4.69, 9.17) is 18.6 Å². The Labute approximate surface area is 169 Å². The molecule has 1 heterocycles. The zero-order chi connectivity index (χ0) is 21.2. The van der Waals surface area contributed by atoms with Crippen LogP contribution in [0.15, 0.2) is 56.8 Å². The van der Waals surface area contributed by atoms with Crippen molar-refractivity contribution in [2.45, 2.75) is 9.92 Å². The normalized spacial score (nSPS) is 11.2. The molecule has 3 rings (SSSR count). The quantitative estimate of drug-likeness (QED) is 0.577. The smallest absolute Gasteiger partial charge is 0.235 e. The molecule has 3 aromatic rings. The molecule has 0 bridgehead atoms. The van der Waals surface area contributed by atoms with Gasteiger partial charge in [0.15, 0.2) is 11.5 Å². The first-order valence-electron chi connectivity index (χ1n) is 8.62. The third-order valence-corrected chi connectivity index (χ3v) is 5.87. The maximum atomic E-state index is 13.1. The minimum atomic E-state index is -3.88. The summed E-state index contributed by atoms with van der Waals surface area (Å²) in [6.07, 6.45) is 0. The summed E-state index contributed by atoms with van der Waals surface area (Å²) >= 11 is 0. The SMILES string of the molecule is COc1cc(-c2nc(S(=O)(=O)c3ccccc3)c(N(C)C)o2)cc(OC)c1OC. The van der Waals surface area contributed by atoms with E-state index in [1.54, 1.807) is 49.3 Å². The molecule has 0 unspecified atom stereocenters. The molecule has 0 fully saturated rings. The fourth-order valence-electron chi connectivity index (χ4n) is 2.80. The van der Waals surface area contributed by atoms with Crippen LogP contribution in [0.25, 0.3) is 11.5 Å². The molecular weight excluding hydrogens is 396 g/mol. The topological polar surface area (TPSA) is 91.1 Å². The Balaban J connectivity index is 2.20. The van der Waals surface area contributed by atoms with Crippen molar-refractivity contribution in [1.82, 2.24) is 4.98 Å². The minimum Gasteiger partial charge on any atom is -0.493 e. The van der Waals surface area contributed by atoms with E-state index in [1.165, 1.54) is 33.5 Å². The highest BCUT2D eigenvalue weighted by Crippen LogP contribution is 2.42. The van der Waals surface area contributed by atoms with Crippen molar-refractivity contribution < 1.29 is 27.0 Å². The second-order valence-electron chi connectivity index (χ2n) is 6.25. The van der Waals surface area contributed by atoms with Crippen LogP contribution >= 0.6 is 0 Å². The van der Waals surface area contributed by atoms with Crippen molar-refractivity contribution >= 4 is 15.7 Å². The molecule has 0 aliphatic rings. The summed E-state index contributed by atoms with van der Waals surface area (Å²) in [5, 5.41) is -0.169. The van der Waals surface area contributed by atoms with Crippen molar-refractivity contribution in [3.63, 3.8) is 0 Å². The Morgan fingerprint density at radius 1 is 0.931 bits per heavy atom. The van der Waals surface area contributed by atoms with E-state index in [0.717, 1.165) is 0 Å². The Morgan fingerprint density at radius 2 is 1.52 bits per heavy atom. The predicted octanol–water partition coefficient (Wildman–Crippen LogP) is 3.27. The summed E-state index contributed by atoms with van der Waals surface area (Å²) in [6, 6.07) is 11.4. The van der Waals surface area contributed by atoms with Gasteiger partial charge in [-0.1, -0.05) is 18.2 Å². The first-order valence-corrected chi connectivity index (χ1v) is 10.1. The summed E-state index contributed by atoms with van der Waals surface area (Å²) in [7, 11) is 3.97. The van der Waals surface area contributed by atoms with Gasteiger partial charge < -0.3 is 23.5 Å². The molecule has 2 aromatic carbocycles. The Bertz CT molecular complexity index is 1080. The maximum Gasteiger partial charge on any atom is 0.235 e. The molecule has 0 saturated heterocycles. The first-order chi connectivity index (χ1) is 13.8. The number of rotatable bonds is 7. The fourth-order valence-corrected chi connectivity index (χ4v) is 4.19. The van der Waals surface area contributed by atoms with Crippen LogP contribution in [0.3, 0.4) is 0 Å². The average Bonchev–Trinajstić information content (AvgIpc) is 3.20. The van der Waals surface area contributed by atoms with E-state index in [0.29, 0.717) is 22.8 Å². The molecular formula is C20H22N2O6S. The number of nitrogens with zero attached hydrogens (tertiary/aromatic N) is 2. The highest BCUT2D eigenvalue weighted by molar-refractivity contribution is 7.91. The molecule has 0 aliphatic carbocycles. The van der Waals surface area contributed by atoms with Crippen LogP contribution in [0.4, 0.5) is 5.88 Å². The van der Waals surface area contributed by atoms with Gasteiger partial charge in [0.05, 0.1) is 26.2 Å². The van der Waals surface area contributed by atoms with Crippen molar-refractivity contribution in [3.05, 3.63) is 42.5 Å². The van der Waals surface area contributed by atoms with Crippen molar-refractivity contribution in [1.29, 1.82) is 0 Å². The van der Waals surface area contributed by atoms with Crippen LogP contribution < -0.4 is 19.1 Å². The molecule has 154 valence electrons. The molecule has 0 spiro atoms. The second-order valence-corrected chi connectivity index (χ2v) is 8.12. The fraction of sp³-hybridized carbons (Fsp3) is 0.250. The van der Waals surface area contributed by atoms with Gasteiger partial charge >= 0.3 is 0 Å². The molecule has 0 radical (unpaired) electrons. The summed E-state index contributed by atoms with van der Waals surface area (Å²) in [6.45, 7) is 0. The van der Waals surface area contributed by atoms with Crippen LogP contribution in [0, 0.1) is 0 Å². The lowest BCUT2D eigenvalue weighted by Gasteiger charge is -2.13. The summed E-state index contributed by atoms with van der Waals surface area (Å²) in [5.41, 5.74) is 0.483. The zero-order valence-corrected chi connectivity index (χ0v) is 17.6. The van der Waals surface area contributed by atoms with Gasteiger partial charge in [-0.2, -0.15) is 4.98 Å². The van der Waals surface area contributed by atoms with E-state index in [2.05, 4.69) is 4.98 Å². The lowest BCUT2D eigenvalue weighted by molar-refractivity contribution is 0.324. The highest BCUT2D eigenvalue weighted by atomic mass is 32.2. The van der Waals surface area contributed by atoms with Gasteiger partial charge in [-0.3, -0.25) is 0 Å². The third-order valence-electron chi connectivity index (χ3n) is 4.21. The Kier molecular flexibility index (Phi) is 5.69. The van der Waals surface area contributed by atoms with Gasteiger partial charge in [0, 0.05) is 19.7 Å². The number of oxazole rings is 1. The number of hydrogen-bond acceptors (Lipinski definition) is 8. The average molecular weight is 418 g/mol. The van der Waals surface area contributed by atoms with Crippen LogP contribution in [0.5, 0.6) is 17.2 Å². The monoisotopic (exact) mass is 418 g/mol. The lowest BCUT2D eigenvalue weighted by atomic mass is 10.2. The molecule has 29 heavy (non-hydrogen) atoms. The number of aromatic nitrogens is 1. The molecule has 9 heteroatoms. The molecule has 0 amide bonds. The van der Waals surface area contributed by atoms with Crippen LogP contribution in [-0.4, -0.2) is 48.8 Å². The van der Waals surface area contributed by atoms with E-state index in [1.807, 2.05) is 0 Å². The largest absolute Gasteiger partial charge is 0.493 e. The van der Waals surface area contributed by atoms with Gasteiger partial charge in [-0.25, -0.2) is 8.42 Å². The zero-order valence-electron chi connectivity index (χ0n) is 16.8. The van der Waals surface area contributed by atoms with Crippen LogP contribution in [-0.2, 0) is 9.84 Å². The summed E-state index contributed by atoms with van der Waals surface area (Å²) in [5.74, 6) is 1.45. The van der Waals surface area contributed by atoms with Gasteiger partial charge in [-0.15, -0.1) is 0 Å². The number of anilines is 1. The molecule has 0 atom stereocenters. The Morgan fingerprint density at radius 3 is 2.00 bits per heavy atom. The molecule has 0 aliphatic heterocycles. The van der Waals surface area contributed by atoms with Gasteiger partial charge in [0.1, 0.15) is 0 Å². The first kappa shape index (κ1) is 20.5. The number of methoxy groups -OCH3 is 3. The van der Waals surface area contributed by atoms with Crippen molar-refractivity contribution in [2.75, 3.05) is 40.3 Å². The Hall–Kier alpha value is -3.20. The van der Waals surface area contributed by atoms with Crippen molar-refractivity contribution in [3.8, 4) is 28.7 Å². The third kappa shape index (κ3) is 3.73. The molecule has 8 nitrogen and oxygen atoms in total. The van der Waals surface area contributed by atoms with Crippen LogP contribution in [0.1, 0.15) is 0 Å². The summed E-state index contributed by atoms with van der Waals surface area (Å²) in [4.78, 5) is 6.00. The maximum absolute atomic E-state index is 13.1. The van der Waals surface area contributed by atoms with E-state index in [9.17, 15) is 8.42 Å². The lowest BCUT2D eigenvalue weighted by Crippen LogP contribution is -2.13. The van der Waals surface area contributed by atoms with Crippen molar-refractivity contribution in [2.24, 2.45) is 0 Å². The summed E-state index contributed by atoms with van der Waals surface area (Å²) < 4.78 is 48.1. The van der Waals surface area contributed by atoms with Crippen LogP contribution in [0.2, 0.25) is 0 Å². The van der Waals surface area contributed by atoms with E-state index < -0.39 is 9.84 Å². The van der Waals surface area contributed by atoms with E-state index in [-0.39, 0.29) is 21.7 Å². The van der Waals surface area contributed by atoms with Gasteiger partial charge in [0.25, 0.3) is 0 Å². The number of ether oxygens (including phenoxy) is 3. The minimum absolute atomic E-state index is 0.113. The van der Waals surface area contributed by atoms with Gasteiger partial charge in [0.2, 0.25) is 32.4 Å².